The summed E-state index contributed by atoms with van der Waals surface area (Å²) in [4.78, 5) is 11.5. The molecule has 0 bridgehead atoms. The Morgan fingerprint density at radius 2 is 1.35 bits per heavy atom. The molecule has 1 amide bonds. The molecular formula is C24H43NO. The van der Waals surface area contributed by atoms with Gasteiger partial charge in [0.1, 0.15) is 0 Å². The molecule has 2 heteroatoms. The number of carbonyl (C=O) groups excluding carboxylic acids is 1. The van der Waals surface area contributed by atoms with Crippen LogP contribution in [0.25, 0.3) is 0 Å². The maximum absolute atomic E-state index is 11.5. The number of nitrogens with one attached hydrogen (secondary N) is 1. The largest absolute Gasteiger partial charge is 0.350 e. The van der Waals surface area contributed by atoms with Crippen molar-refractivity contribution in [3.63, 3.8) is 0 Å². The quantitative estimate of drug-likeness (QED) is 0.125. The maximum Gasteiger partial charge on any atom is 0.244 e. The molecule has 0 rings (SSSR count). The number of hydrogen-bond donors (Lipinski definition) is 1. The molecule has 0 aliphatic rings. The molecule has 2 nitrogen and oxygen atoms in total. The lowest BCUT2D eigenvalue weighted by atomic mass is 10.1. The molecule has 0 aromatic rings. The molecule has 0 fully saturated rings. The second kappa shape index (κ2) is 20.0. The predicted octanol–water partition coefficient (Wildman–Crippen LogP) is 7.27. The Morgan fingerprint density at radius 1 is 0.769 bits per heavy atom. The third kappa shape index (κ3) is 19.0. The number of allylic oxidation sites excluding steroid dienone is 5. The van der Waals surface area contributed by atoms with Gasteiger partial charge < -0.3 is 5.32 Å². The molecule has 0 heterocycles. The highest BCUT2D eigenvalue weighted by Crippen LogP contribution is 2.10. The van der Waals surface area contributed by atoms with Gasteiger partial charge in [0.05, 0.1) is 0 Å². The van der Waals surface area contributed by atoms with E-state index in [0.29, 0.717) is 0 Å². The van der Waals surface area contributed by atoms with Gasteiger partial charge in [-0.1, -0.05) is 95.6 Å². The smallest absolute Gasteiger partial charge is 0.244 e. The highest BCUT2D eigenvalue weighted by Gasteiger charge is 1.99. The van der Waals surface area contributed by atoms with E-state index >= 15 is 0 Å². The number of carbonyl (C=O) groups is 1. The lowest BCUT2D eigenvalue weighted by Gasteiger charge is -2.07. The van der Waals surface area contributed by atoms with E-state index in [4.69, 9.17) is 0 Å². The molecule has 0 saturated carbocycles. The number of unbranched alkanes of at least 4 members (excludes halogenated alkanes) is 10. The van der Waals surface area contributed by atoms with Gasteiger partial charge in [-0.25, -0.2) is 0 Å². The summed E-state index contributed by atoms with van der Waals surface area (Å²) in [6.07, 6.45) is 29.0. The van der Waals surface area contributed by atoms with Gasteiger partial charge in [0, 0.05) is 12.1 Å². The lowest BCUT2D eigenvalue weighted by Crippen LogP contribution is -2.30. The third-order valence-corrected chi connectivity index (χ3v) is 4.64. The van der Waals surface area contributed by atoms with Crippen LogP contribution in [0.4, 0.5) is 0 Å². The van der Waals surface area contributed by atoms with E-state index < -0.39 is 0 Å². The Morgan fingerprint density at radius 3 is 2.00 bits per heavy atom. The summed E-state index contributed by atoms with van der Waals surface area (Å²) in [5, 5.41) is 2.91. The first-order valence-electron chi connectivity index (χ1n) is 11.0. The van der Waals surface area contributed by atoms with Gasteiger partial charge in [0.25, 0.3) is 0 Å². The highest BCUT2D eigenvalue weighted by molar-refractivity contribution is 5.87. The van der Waals surface area contributed by atoms with Crippen molar-refractivity contribution in [1.82, 2.24) is 5.32 Å². The van der Waals surface area contributed by atoms with E-state index in [-0.39, 0.29) is 11.9 Å². The van der Waals surface area contributed by atoms with Crippen LogP contribution in [0.5, 0.6) is 0 Å². The van der Waals surface area contributed by atoms with Crippen LogP contribution >= 0.6 is 0 Å². The first-order chi connectivity index (χ1) is 12.7. The summed E-state index contributed by atoms with van der Waals surface area (Å²) in [5.74, 6) is -0.00939. The first-order valence-corrected chi connectivity index (χ1v) is 11.0. The average molecular weight is 362 g/mol. The zero-order chi connectivity index (χ0) is 19.3. The van der Waals surface area contributed by atoms with Crippen LogP contribution in [0.3, 0.4) is 0 Å². The summed E-state index contributed by atoms with van der Waals surface area (Å²) < 4.78 is 0. The Kier molecular flexibility index (Phi) is 19.0. The number of amides is 1. The van der Waals surface area contributed by atoms with Crippen LogP contribution in [0.15, 0.2) is 36.5 Å². The second-order valence-corrected chi connectivity index (χ2v) is 7.27. The highest BCUT2D eigenvalue weighted by atomic mass is 16.1. The van der Waals surface area contributed by atoms with E-state index in [1.807, 2.05) is 19.1 Å². The molecule has 0 spiro atoms. The predicted molar refractivity (Wildman–Crippen MR) is 116 cm³/mol. The fraction of sp³-hybridized carbons (Fsp3) is 0.708. The zero-order valence-corrected chi connectivity index (χ0v) is 17.6. The van der Waals surface area contributed by atoms with Crippen LogP contribution in [0, 0.1) is 0 Å². The second-order valence-electron chi connectivity index (χ2n) is 7.27. The molecule has 0 aromatic heterocycles. The summed E-state index contributed by atoms with van der Waals surface area (Å²) in [6.45, 7) is 6.36. The van der Waals surface area contributed by atoms with Gasteiger partial charge in [-0.2, -0.15) is 0 Å². The Bertz CT molecular complexity index is 395. The Hall–Kier alpha value is -1.31. The van der Waals surface area contributed by atoms with Crippen molar-refractivity contribution in [2.75, 3.05) is 0 Å². The van der Waals surface area contributed by atoms with E-state index in [1.54, 1.807) is 6.08 Å². The van der Waals surface area contributed by atoms with Crippen molar-refractivity contribution >= 4 is 5.91 Å². The first kappa shape index (κ1) is 24.7. The van der Waals surface area contributed by atoms with Crippen LogP contribution in [-0.4, -0.2) is 11.9 Å². The molecule has 150 valence electrons. The van der Waals surface area contributed by atoms with Crippen molar-refractivity contribution < 1.29 is 4.79 Å². The fourth-order valence-corrected chi connectivity index (χ4v) is 2.71. The Balaban J connectivity index is 3.41. The average Bonchev–Trinajstić information content (AvgIpc) is 2.64. The molecule has 0 aliphatic carbocycles. The standard InChI is InChI=1S/C24H43NO/c1-4-6-7-8-9-10-11-12-13-14-15-16-17-18-19-20-21-22-24(26)25-23(3)5-2/h15-16,19-23H,4-14,17-18H2,1-3H3,(H,25,26). The Labute approximate surface area is 163 Å². The van der Waals surface area contributed by atoms with Crippen LogP contribution in [0.2, 0.25) is 0 Å². The van der Waals surface area contributed by atoms with Gasteiger partial charge in [-0.15, -0.1) is 0 Å². The summed E-state index contributed by atoms with van der Waals surface area (Å²) >= 11 is 0. The van der Waals surface area contributed by atoms with Crippen molar-refractivity contribution in [3.05, 3.63) is 36.5 Å². The molecule has 1 unspecified atom stereocenters. The number of rotatable bonds is 17. The maximum atomic E-state index is 11.5. The summed E-state index contributed by atoms with van der Waals surface area (Å²) in [5.41, 5.74) is 0. The monoisotopic (exact) mass is 361 g/mol. The molecular weight excluding hydrogens is 318 g/mol. The van der Waals surface area contributed by atoms with Crippen LogP contribution in [-0.2, 0) is 4.79 Å². The molecule has 0 radical (unpaired) electrons. The number of hydrogen-bond acceptors (Lipinski definition) is 1. The zero-order valence-electron chi connectivity index (χ0n) is 17.6. The van der Waals surface area contributed by atoms with Gasteiger partial charge in [0.2, 0.25) is 5.91 Å². The van der Waals surface area contributed by atoms with Gasteiger partial charge >= 0.3 is 0 Å². The molecule has 0 aromatic carbocycles. The SMILES string of the molecule is CCCCCCCCCCCC=CCCC=CC=CC(=O)NC(C)CC. The summed E-state index contributed by atoms with van der Waals surface area (Å²) in [6, 6.07) is 0.243. The van der Waals surface area contributed by atoms with Gasteiger partial charge in [-0.05, 0) is 39.0 Å². The van der Waals surface area contributed by atoms with Gasteiger partial charge in [-0.3, -0.25) is 4.79 Å². The normalized spacial score (nSPS) is 13.2. The molecule has 1 N–H and O–H groups in total. The van der Waals surface area contributed by atoms with E-state index in [1.165, 1.54) is 64.2 Å². The molecule has 0 aliphatic heterocycles. The summed E-state index contributed by atoms with van der Waals surface area (Å²) in [7, 11) is 0. The van der Waals surface area contributed by atoms with Crippen molar-refractivity contribution in [1.29, 1.82) is 0 Å². The minimum absolute atomic E-state index is 0.00939. The third-order valence-electron chi connectivity index (χ3n) is 4.64. The van der Waals surface area contributed by atoms with Crippen molar-refractivity contribution in [2.45, 2.75) is 110 Å². The molecule has 0 saturated heterocycles. The van der Waals surface area contributed by atoms with Crippen molar-refractivity contribution in [2.24, 2.45) is 0 Å². The van der Waals surface area contributed by atoms with E-state index in [2.05, 4.69) is 37.4 Å². The van der Waals surface area contributed by atoms with Gasteiger partial charge in [0.15, 0.2) is 0 Å². The minimum atomic E-state index is -0.00939. The topological polar surface area (TPSA) is 29.1 Å². The van der Waals surface area contributed by atoms with Crippen LogP contribution in [0.1, 0.15) is 104 Å². The van der Waals surface area contributed by atoms with E-state index in [9.17, 15) is 4.79 Å². The minimum Gasteiger partial charge on any atom is -0.350 e. The molecule has 26 heavy (non-hydrogen) atoms. The fourth-order valence-electron chi connectivity index (χ4n) is 2.71. The van der Waals surface area contributed by atoms with E-state index in [0.717, 1.165) is 19.3 Å². The van der Waals surface area contributed by atoms with Crippen molar-refractivity contribution in [3.8, 4) is 0 Å². The lowest BCUT2D eigenvalue weighted by molar-refractivity contribution is -0.117. The molecule has 1 atom stereocenters. The van der Waals surface area contributed by atoms with Crippen LogP contribution < -0.4 is 5.32 Å².